The first-order valence-electron chi connectivity index (χ1n) is 5.02. The Bertz CT molecular complexity index is 613. The second-order valence-corrected chi connectivity index (χ2v) is 5.24. The monoisotopic (exact) mass is 288 g/mol. The molecule has 1 rings (SSSR count). The number of rotatable bonds is 5. The van der Waals surface area contributed by atoms with Crippen molar-refractivity contribution in [3.8, 4) is 0 Å². The van der Waals surface area contributed by atoms with Crippen molar-refractivity contribution in [2.24, 2.45) is 0 Å². The second-order valence-electron chi connectivity index (χ2n) is 3.48. The van der Waals surface area contributed by atoms with Crippen molar-refractivity contribution in [1.29, 1.82) is 0 Å². The van der Waals surface area contributed by atoms with Crippen LogP contribution in [0.5, 0.6) is 0 Å². The maximum atomic E-state index is 11.8. The third-order valence-corrected chi connectivity index (χ3v) is 3.61. The number of hydrogen-bond donors (Lipinski definition) is 3. The van der Waals surface area contributed by atoms with Crippen LogP contribution >= 0.6 is 0 Å². The number of nitrogens with two attached hydrogens (primary N) is 1. The van der Waals surface area contributed by atoms with Crippen molar-refractivity contribution in [3.05, 3.63) is 28.3 Å². The van der Waals surface area contributed by atoms with Gasteiger partial charge in [-0.05, 0) is 12.1 Å². The molecule has 19 heavy (non-hydrogen) atoms. The number of anilines is 1. The summed E-state index contributed by atoms with van der Waals surface area (Å²) < 4.78 is 25.6. The molecule has 9 nitrogen and oxygen atoms in total. The molecule has 4 N–H and O–H groups in total. The molecule has 0 bridgehead atoms. The van der Waals surface area contributed by atoms with Gasteiger partial charge in [-0.3, -0.25) is 14.9 Å². The Morgan fingerprint density at radius 2 is 2.11 bits per heavy atom. The molecule has 0 radical (unpaired) electrons. The van der Waals surface area contributed by atoms with E-state index in [0.29, 0.717) is 0 Å². The molecule has 0 aliphatic carbocycles. The largest absolute Gasteiger partial charge is 0.393 e. The predicted octanol–water partition coefficient (Wildman–Crippen LogP) is -0.799. The van der Waals surface area contributed by atoms with Crippen LogP contribution in [0, 0.1) is 10.1 Å². The lowest BCUT2D eigenvalue weighted by Crippen LogP contribution is -2.35. The zero-order valence-corrected chi connectivity index (χ0v) is 10.7. The Morgan fingerprint density at radius 3 is 2.58 bits per heavy atom. The number of nitrogens with one attached hydrogen (secondary N) is 2. The Balaban J connectivity index is 3.00. The van der Waals surface area contributed by atoms with Gasteiger partial charge in [-0.2, -0.15) is 0 Å². The normalized spacial score (nSPS) is 11.0. The highest BCUT2D eigenvalue weighted by Gasteiger charge is 2.19. The molecule has 0 fully saturated rings. The number of benzene rings is 1. The van der Waals surface area contributed by atoms with Crippen LogP contribution in [0.3, 0.4) is 0 Å². The van der Waals surface area contributed by atoms with E-state index in [1.807, 2.05) is 4.72 Å². The van der Waals surface area contributed by atoms with Crippen molar-refractivity contribution in [1.82, 2.24) is 10.0 Å². The number of nitro benzene ring substituents is 1. The number of nitro groups is 1. The number of carbonyl (C=O) groups excluding carboxylic acids is 1. The first-order chi connectivity index (χ1) is 8.77. The molecule has 1 aromatic carbocycles. The summed E-state index contributed by atoms with van der Waals surface area (Å²) >= 11 is 0. The molecule has 0 atom stereocenters. The van der Waals surface area contributed by atoms with Crippen LogP contribution in [0.2, 0.25) is 0 Å². The van der Waals surface area contributed by atoms with E-state index in [1.165, 1.54) is 7.05 Å². The van der Waals surface area contributed by atoms with Crippen LogP contribution in [-0.2, 0) is 14.8 Å². The molecule has 0 saturated heterocycles. The molecule has 1 amide bonds. The lowest BCUT2D eigenvalue weighted by molar-refractivity contribution is -0.383. The van der Waals surface area contributed by atoms with Gasteiger partial charge in [0.2, 0.25) is 15.9 Å². The number of hydrogen-bond acceptors (Lipinski definition) is 6. The molecular weight excluding hydrogens is 276 g/mol. The highest BCUT2D eigenvalue weighted by molar-refractivity contribution is 7.89. The zero-order chi connectivity index (χ0) is 14.6. The highest BCUT2D eigenvalue weighted by Crippen LogP contribution is 2.24. The summed E-state index contributed by atoms with van der Waals surface area (Å²) in [4.78, 5) is 20.5. The van der Waals surface area contributed by atoms with Gasteiger partial charge in [0.05, 0.1) is 16.4 Å². The molecule has 0 spiro atoms. The predicted molar refractivity (Wildman–Crippen MR) is 66.8 cm³/mol. The average Bonchev–Trinajstić information content (AvgIpc) is 2.35. The minimum atomic E-state index is -3.94. The van der Waals surface area contributed by atoms with E-state index in [2.05, 4.69) is 5.32 Å². The van der Waals surface area contributed by atoms with Crippen molar-refractivity contribution in [2.45, 2.75) is 4.90 Å². The summed E-state index contributed by atoms with van der Waals surface area (Å²) in [6.07, 6.45) is 0. The molecule has 0 aromatic heterocycles. The van der Waals surface area contributed by atoms with E-state index in [-0.39, 0.29) is 16.3 Å². The molecule has 1 aromatic rings. The van der Waals surface area contributed by atoms with Crippen LogP contribution < -0.4 is 15.8 Å². The van der Waals surface area contributed by atoms with E-state index in [9.17, 15) is 23.3 Å². The van der Waals surface area contributed by atoms with Gasteiger partial charge >= 0.3 is 0 Å². The Kier molecular flexibility index (Phi) is 4.40. The van der Waals surface area contributed by atoms with E-state index in [4.69, 9.17) is 5.73 Å². The van der Waals surface area contributed by atoms with Crippen molar-refractivity contribution < 1.29 is 18.1 Å². The van der Waals surface area contributed by atoms with Gasteiger partial charge in [-0.15, -0.1) is 0 Å². The smallest absolute Gasteiger partial charge is 0.292 e. The maximum absolute atomic E-state index is 11.8. The van der Waals surface area contributed by atoms with Crippen molar-refractivity contribution in [2.75, 3.05) is 19.3 Å². The van der Waals surface area contributed by atoms with Gasteiger partial charge in [0.1, 0.15) is 5.69 Å². The molecule has 0 aliphatic rings. The number of sulfonamides is 1. The Hall–Kier alpha value is -2.20. The average molecular weight is 288 g/mol. The Labute approximate surface area is 109 Å². The van der Waals surface area contributed by atoms with Crippen LogP contribution in [-0.4, -0.2) is 32.8 Å². The van der Waals surface area contributed by atoms with Gasteiger partial charge < -0.3 is 11.1 Å². The molecule has 0 unspecified atom stereocenters. The summed E-state index contributed by atoms with van der Waals surface area (Å²) in [5, 5.41) is 12.8. The Morgan fingerprint density at radius 1 is 1.47 bits per heavy atom. The lowest BCUT2D eigenvalue weighted by Gasteiger charge is -2.06. The lowest BCUT2D eigenvalue weighted by atomic mass is 10.3. The number of amides is 1. The van der Waals surface area contributed by atoms with Gasteiger partial charge in [0.15, 0.2) is 0 Å². The summed E-state index contributed by atoms with van der Waals surface area (Å²) in [6, 6.07) is 2.99. The molecule has 0 heterocycles. The molecule has 0 aliphatic heterocycles. The number of nitrogens with zero attached hydrogens (tertiary/aromatic N) is 1. The number of nitrogen functional groups attached to an aromatic ring is 1. The van der Waals surface area contributed by atoms with Gasteiger partial charge in [0.25, 0.3) is 5.69 Å². The zero-order valence-electron chi connectivity index (χ0n) is 9.91. The summed E-state index contributed by atoms with van der Waals surface area (Å²) in [5.74, 6) is -0.515. The van der Waals surface area contributed by atoms with Gasteiger partial charge in [-0.25, -0.2) is 13.1 Å². The van der Waals surface area contributed by atoms with Crippen LogP contribution in [0.15, 0.2) is 23.1 Å². The maximum Gasteiger partial charge on any atom is 0.292 e. The standard InChI is InChI=1S/C9H12N4O5S/c1-11-9(14)5-12-19(17,18)6-2-3-8(13(15)16)7(10)4-6/h2-4,12H,5,10H2,1H3,(H,11,14). The molecule has 104 valence electrons. The SMILES string of the molecule is CNC(=O)CNS(=O)(=O)c1ccc([N+](=O)[O-])c(N)c1. The van der Waals surface area contributed by atoms with Crippen molar-refractivity contribution in [3.63, 3.8) is 0 Å². The highest BCUT2D eigenvalue weighted by atomic mass is 32.2. The number of carbonyl (C=O) groups is 1. The first-order valence-corrected chi connectivity index (χ1v) is 6.50. The molecule has 10 heteroatoms. The van der Waals surface area contributed by atoms with Crippen molar-refractivity contribution >= 4 is 27.3 Å². The minimum absolute atomic E-state index is 0.250. The van der Waals surface area contributed by atoms with E-state index in [1.54, 1.807) is 0 Å². The number of likely N-dealkylation sites (N-methyl/N-ethyl adjacent to an activating group) is 1. The summed E-state index contributed by atoms with van der Waals surface area (Å²) in [6.45, 7) is -0.435. The van der Waals surface area contributed by atoms with E-state index >= 15 is 0 Å². The van der Waals surface area contributed by atoms with Crippen LogP contribution in [0.1, 0.15) is 0 Å². The van der Waals surface area contributed by atoms with Crippen LogP contribution in [0.25, 0.3) is 0 Å². The molecule has 0 saturated carbocycles. The quantitative estimate of drug-likeness (QED) is 0.367. The van der Waals surface area contributed by atoms with E-state index in [0.717, 1.165) is 18.2 Å². The summed E-state index contributed by atoms with van der Waals surface area (Å²) in [7, 11) is -2.58. The second kappa shape index (κ2) is 5.63. The van der Waals surface area contributed by atoms with Crippen LogP contribution in [0.4, 0.5) is 11.4 Å². The third-order valence-electron chi connectivity index (χ3n) is 2.21. The van der Waals surface area contributed by atoms with Gasteiger partial charge in [-0.1, -0.05) is 0 Å². The molecular formula is C9H12N4O5S. The van der Waals surface area contributed by atoms with E-state index < -0.39 is 27.4 Å². The fourth-order valence-electron chi connectivity index (χ4n) is 1.20. The third kappa shape index (κ3) is 3.63. The fourth-order valence-corrected chi connectivity index (χ4v) is 2.22. The topological polar surface area (TPSA) is 144 Å². The first kappa shape index (κ1) is 14.9. The minimum Gasteiger partial charge on any atom is -0.393 e. The van der Waals surface area contributed by atoms with Gasteiger partial charge in [0, 0.05) is 13.1 Å². The summed E-state index contributed by atoms with van der Waals surface area (Å²) in [5.41, 5.74) is 4.73. The fraction of sp³-hybridized carbons (Fsp3) is 0.222.